The first-order valence-corrected chi connectivity index (χ1v) is 8.49. The second-order valence-corrected chi connectivity index (χ2v) is 5.86. The molecule has 0 bridgehead atoms. The van der Waals surface area contributed by atoms with Gasteiger partial charge in [0.25, 0.3) is 5.91 Å². The van der Waals surface area contributed by atoms with Crippen LogP contribution >= 0.6 is 11.8 Å². The molecule has 0 saturated heterocycles. The van der Waals surface area contributed by atoms with E-state index in [1.165, 1.54) is 0 Å². The second-order valence-electron chi connectivity index (χ2n) is 4.98. The van der Waals surface area contributed by atoms with E-state index in [0.29, 0.717) is 12.1 Å². The summed E-state index contributed by atoms with van der Waals surface area (Å²) in [4.78, 5) is 25.1. The van der Waals surface area contributed by atoms with Crippen molar-refractivity contribution in [2.24, 2.45) is 0 Å². The lowest BCUT2D eigenvalue weighted by Gasteiger charge is -2.13. The molecule has 0 heterocycles. The summed E-state index contributed by atoms with van der Waals surface area (Å²) in [6.07, 6.45) is 1.12. The lowest BCUT2D eigenvalue weighted by molar-refractivity contribution is -0.129. The lowest BCUT2D eigenvalue weighted by atomic mass is 10.2. The summed E-state index contributed by atoms with van der Waals surface area (Å²) in [5, 5.41) is 2.75. The third-order valence-electron chi connectivity index (χ3n) is 3.29. The van der Waals surface area contributed by atoms with Crippen LogP contribution in [0.3, 0.4) is 0 Å². The number of amides is 1. The monoisotopic (exact) mass is 329 g/mol. The Kier molecular flexibility index (Phi) is 6.23. The first-order valence-electron chi connectivity index (χ1n) is 7.27. The summed E-state index contributed by atoms with van der Waals surface area (Å²) in [5.41, 5.74) is 1.43. The normalized spacial score (nSPS) is 11.6. The van der Waals surface area contributed by atoms with Crippen molar-refractivity contribution < 1.29 is 14.3 Å². The van der Waals surface area contributed by atoms with Gasteiger partial charge >= 0.3 is 5.97 Å². The van der Waals surface area contributed by atoms with Crippen LogP contribution in [0.5, 0.6) is 0 Å². The zero-order chi connectivity index (χ0) is 16.7. The first kappa shape index (κ1) is 17.1. The van der Waals surface area contributed by atoms with Gasteiger partial charge < -0.3 is 10.1 Å². The molecule has 2 aromatic rings. The van der Waals surface area contributed by atoms with E-state index in [-0.39, 0.29) is 5.91 Å². The highest BCUT2D eigenvalue weighted by atomic mass is 32.2. The zero-order valence-corrected chi connectivity index (χ0v) is 13.9. The van der Waals surface area contributed by atoms with Crippen LogP contribution in [0.1, 0.15) is 22.8 Å². The van der Waals surface area contributed by atoms with Crippen LogP contribution < -0.4 is 5.32 Å². The van der Waals surface area contributed by atoms with Crippen molar-refractivity contribution in [2.75, 3.05) is 6.26 Å². The SMILES string of the molecule is CSc1ccc(C(=O)O[C@@H](C)C(=O)NCc2ccccc2)cc1. The van der Waals surface area contributed by atoms with Gasteiger partial charge in [0.15, 0.2) is 6.10 Å². The highest BCUT2D eigenvalue weighted by Crippen LogP contribution is 2.15. The van der Waals surface area contributed by atoms with Crippen LogP contribution in [0.4, 0.5) is 0 Å². The topological polar surface area (TPSA) is 55.4 Å². The molecule has 2 rings (SSSR count). The first-order chi connectivity index (χ1) is 11.1. The highest BCUT2D eigenvalue weighted by Gasteiger charge is 2.18. The fraction of sp³-hybridized carbons (Fsp3) is 0.222. The summed E-state index contributed by atoms with van der Waals surface area (Å²) < 4.78 is 5.20. The Hall–Kier alpha value is -2.27. The van der Waals surface area contributed by atoms with Gasteiger partial charge in [0.1, 0.15) is 0 Å². The van der Waals surface area contributed by atoms with Gasteiger partial charge in [0.2, 0.25) is 0 Å². The van der Waals surface area contributed by atoms with E-state index in [0.717, 1.165) is 10.5 Å². The Morgan fingerprint density at radius 3 is 2.35 bits per heavy atom. The molecule has 2 aromatic carbocycles. The minimum Gasteiger partial charge on any atom is -0.449 e. The number of nitrogens with one attached hydrogen (secondary N) is 1. The van der Waals surface area contributed by atoms with Gasteiger partial charge in [-0.1, -0.05) is 30.3 Å². The molecule has 0 aliphatic carbocycles. The van der Waals surface area contributed by atoms with Crippen LogP contribution in [0.15, 0.2) is 59.5 Å². The minimum absolute atomic E-state index is 0.317. The lowest BCUT2D eigenvalue weighted by Crippen LogP contribution is -2.35. The fourth-order valence-electron chi connectivity index (χ4n) is 1.94. The summed E-state index contributed by atoms with van der Waals surface area (Å²) in [7, 11) is 0. The summed E-state index contributed by atoms with van der Waals surface area (Å²) in [5.74, 6) is -0.817. The molecule has 0 aliphatic rings. The Bertz CT molecular complexity index is 656. The molecule has 1 amide bonds. The van der Waals surface area contributed by atoms with Crippen LogP contribution in [0.2, 0.25) is 0 Å². The molecule has 0 fully saturated rings. The van der Waals surface area contributed by atoms with Gasteiger partial charge in [-0.2, -0.15) is 0 Å². The predicted octanol–water partition coefficient (Wildman–Crippen LogP) is 3.27. The number of carbonyl (C=O) groups excluding carboxylic acids is 2. The van der Waals surface area contributed by atoms with Crippen LogP contribution in [0, 0.1) is 0 Å². The molecule has 0 unspecified atom stereocenters. The number of hydrogen-bond donors (Lipinski definition) is 1. The summed E-state index contributed by atoms with van der Waals surface area (Å²) in [6, 6.07) is 16.7. The van der Waals surface area contributed by atoms with Gasteiger partial charge in [-0.15, -0.1) is 11.8 Å². The third-order valence-corrected chi connectivity index (χ3v) is 4.03. The number of hydrogen-bond acceptors (Lipinski definition) is 4. The Labute approximate surface area is 140 Å². The molecule has 1 N–H and O–H groups in total. The third kappa shape index (κ3) is 5.14. The van der Waals surface area contributed by atoms with E-state index in [4.69, 9.17) is 4.74 Å². The van der Waals surface area contributed by atoms with Crippen LogP contribution in [0.25, 0.3) is 0 Å². The Morgan fingerprint density at radius 1 is 1.09 bits per heavy atom. The number of thioether (sulfide) groups is 1. The number of rotatable bonds is 6. The average Bonchev–Trinajstić information content (AvgIpc) is 2.60. The molecule has 0 radical (unpaired) electrons. The molecule has 0 aliphatic heterocycles. The Balaban J connectivity index is 1.85. The number of ether oxygens (including phenoxy) is 1. The van der Waals surface area contributed by atoms with Crippen molar-refractivity contribution in [1.82, 2.24) is 5.32 Å². The van der Waals surface area contributed by atoms with Crippen molar-refractivity contribution in [1.29, 1.82) is 0 Å². The molecule has 5 heteroatoms. The van der Waals surface area contributed by atoms with E-state index in [9.17, 15) is 9.59 Å². The molecular formula is C18H19NO3S. The summed E-state index contributed by atoms with van der Waals surface area (Å²) in [6.45, 7) is 1.97. The van der Waals surface area contributed by atoms with Gasteiger partial charge in [-0.3, -0.25) is 4.79 Å². The van der Waals surface area contributed by atoms with Crippen LogP contribution in [-0.4, -0.2) is 24.2 Å². The van der Waals surface area contributed by atoms with Crippen molar-refractivity contribution in [2.45, 2.75) is 24.5 Å². The largest absolute Gasteiger partial charge is 0.449 e. The van der Waals surface area contributed by atoms with Gasteiger partial charge in [0.05, 0.1) is 5.56 Å². The maximum Gasteiger partial charge on any atom is 0.338 e. The standard InChI is InChI=1S/C18H19NO3S/c1-13(17(20)19-12-14-6-4-3-5-7-14)22-18(21)15-8-10-16(23-2)11-9-15/h3-11,13H,12H2,1-2H3,(H,19,20)/t13-/m0/s1. The predicted molar refractivity (Wildman–Crippen MR) is 91.4 cm³/mol. The minimum atomic E-state index is -0.841. The molecule has 0 spiro atoms. The van der Waals surface area contributed by atoms with E-state index in [1.807, 2.05) is 48.7 Å². The van der Waals surface area contributed by atoms with Crippen molar-refractivity contribution >= 4 is 23.6 Å². The smallest absolute Gasteiger partial charge is 0.338 e. The molecule has 23 heavy (non-hydrogen) atoms. The van der Waals surface area contributed by atoms with Crippen LogP contribution in [-0.2, 0) is 16.1 Å². The highest BCUT2D eigenvalue weighted by molar-refractivity contribution is 7.98. The molecule has 0 aromatic heterocycles. The van der Waals surface area contributed by atoms with E-state index < -0.39 is 12.1 Å². The maximum atomic E-state index is 12.0. The van der Waals surface area contributed by atoms with Gasteiger partial charge in [-0.05, 0) is 43.0 Å². The van der Waals surface area contributed by atoms with E-state index in [1.54, 1.807) is 30.8 Å². The fourth-order valence-corrected chi connectivity index (χ4v) is 2.35. The average molecular weight is 329 g/mol. The maximum absolute atomic E-state index is 12.0. The molecule has 0 saturated carbocycles. The quantitative estimate of drug-likeness (QED) is 0.653. The van der Waals surface area contributed by atoms with Gasteiger partial charge in [0, 0.05) is 11.4 Å². The second kappa shape index (κ2) is 8.39. The number of esters is 1. The number of carbonyl (C=O) groups is 2. The molecular weight excluding hydrogens is 310 g/mol. The van der Waals surface area contributed by atoms with E-state index >= 15 is 0 Å². The van der Waals surface area contributed by atoms with Crippen molar-refractivity contribution in [3.05, 3.63) is 65.7 Å². The van der Waals surface area contributed by atoms with Crippen molar-refractivity contribution in [3.8, 4) is 0 Å². The Morgan fingerprint density at radius 2 is 1.74 bits per heavy atom. The summed E-state index contributed by atoms with van der Waals surface area (Å²) >= 11 is 1.60. The molecule has 4 nitrogen and oxygen atoms in total. The molecule has 120 valence electrons. The van der Waals surface area contributed by atoms with E-state index in [2.05, 4.69) is 5.32 Å². The zero-order valence-electron chi connectivity index (χ0n) is 13.1. The van der Waals surface area contributed by atoms with Gasteiger partial charge in [-0.25, -0.2) is 4.79 Å². The number of benzene rings is 2. The molecule has 1 atom stereocenters. The van der Waals surface area contributed by atoms with Crippen molar-refractivity contribution in [3.63, 3.8) is 0 Å².